The number of hydrazine groups is 1. The predicted molar refractivity (Wildman–Crippen MR) is 58.0 cm³/mol. The van der Waals surface area contributed by atoms with Gasteiger partial charge < -0.3 is 5.43 Å². The Labute approximate surface area is 90.7 Å². The molecule has 7 heteroatoms. The van der Waals surface area contributed by atoms with Crippen LogP contribution in [0.4, 0.5) is 5.82 Å². The number of pyridine rings is 1. The summed E-state index contributed by atoms with van der Waals surface area (Å²) in [5, 5.41) is 7.32. The summed E-state index contributed by atoms with van der Waals surface area (Å²) in [4.78, 5) is 8.11. The molecule has 2 heterocycles. The molecular formula is C8H10N6S. The number of H-pyrrole nitrogens is 1. The van der Waals surface area contributed by atoms with Crippen LogP contribution in [-0.4, -0.2) is 20.2 Å². The van der Waals surface area contributed by atoms with Gasteiger partial charge in [0, 0.05) is 17.5 Å². The lowest BCUT2D eigenvalue weighted by Crippen LogP contribution is -2.10. The highest BCUT2D eigenvalue weighted by atomic mass is 32.2. The maximum Gasteiger partial charge on any atom is 0.183 e. The van der Waals surface area contributed by atoms with Crippen molar-refractivity contribution in [1.29, 1.82) is 0 Å². The lowest BCUT2D eigenvalue weighted by molar-refractivity contribution is 0.972. The second kappa shape index (κ2) is 4.76. The molecular weight excluding hydrogens is 212 g/mol. The Kier molecular flexibility index (Phi) is 3.15. The summed E-state index contributed by atoms with van der Waals surface area (Å²) >= 11 is 1.54. The molecule has 15 heavy (non-hydrogen) atoms. The molecule has 0 spiro atoms. The van der Waals surface area contributed by atoms with Crippen molar-refractivity contribution in [2.45, 2.75) is 10.9 Å². The van der Waals surface area contributed by atoms with Crippen LogP contribution >= 0.6 is 11.8 Å². The first-order chi connectivity index (χ1) is 7.40. The van der Waals surface area contributed by atoms with Crippen molar-refractivity contribution < 1.29 is 0 Å². The maximum atomic E-state index is 5.34. The van der Waals surface area contributed by atoms with E-state index in [1.165, 1.54) is 6.33 Å². The van der Waals surface area contributed by atoms with Gasteiger partial charge in [-0.25, -0.2) is 15.8 Å². The number of nitrogens with two attached hydrogens (primary N) is 1. The Morgan fingerprint density at radius 1 is 1.47 bits per heavy atom. The van der Waals surface area contributed by atoms with Crippen molar-refractivity contribution in [2.24, 2.45) is 5.84 Å². The van der Waals surface area contributed by atoms with Gasteiger partial charge in [0.2, 0.25) is 0 Å². The fourth-order valence-corrected chi connectivity index (χ4v) is 1.86. The molecule has 0 unspecified atom stereocenters. The Hall–Kier alpha value is -1.60. The predicted octanol–water partition coefficient (Wildman–Crippen LogP) is 0.778. The third-order valence-electron chi connectivity index (χ3n) is 1.79. The molecule has 2 aromatic heterocycles. The minimum Gasteiger partial charge on any atom is -0.308 e. The van der Waals surface area contributed by atoms with Gasteiger partial charge in [-0.2, -0.15) is 5.10 Å². The summed E-state index contributed by atoms with van der Waals surface area (Å²) in [6.07, 6.45) is 3.17. The van der Waals surface area contributed by atoms with Gasteiger partial charge in [0.25, 0.3) is 0 Å². The molecule has 0 fully saturated rings. The third-order valence-corrected chi connectivity index (χ3v) is 2.71. The fraction of sp³-hybridized carbons (Fsp3) is 0.125. The quantitative estimate of drug-likeness (QED) is 0.402. The van der Waals surface area contributed by atoms with E-state index in [0.717, 1.165) is 16.5 Å². The minimum atomic E-state index is 0.685. The molecule has 0 saturated heterocycles. The van der Waals surface area contributed by atoms with Crippen LogP contribution in [0.1, 0.15) is 5.56 Å². The van der Waals surface area contributed by atoms with E-state index in [1.807, 2.05) is 12.1 Å². The number of aromatic nitrogens is 4. The number of hydrogen-bond donors (Lipinski definition) is 3. The molecule has 0 radical (unpaired) electrons. The van der Waals surface area contributed by atoms with E-state index >= 15 is 0 Å². The molecule has 0 aliphatic carbocycles. The molecule has 0 saturated carbocycles. The van der Waals surface area contributed by atoms with Gasteiger partial charge in [0.15, 0.2) is 5.16 Å². The van der Waals surface area contributed by atoms with Crippen LogP contribution in [0, 0.1) is 0 Å². The van der Waals surface area contributed by atoms with Gasteiger partial charge >= 0.3 is 0 Å². The summed E-state index contributed by atoms with van der Waals surface area (Å²) < 4.78 is 0. The molecule has 0 bridgehead atoms. The summed E-state index contributed by atoms with van der Waals surface area (Å²) in [5.74, 6) is 6.77. The topological polar surface area (TPSA) is 92.5 Å². The second-order valence-electron chi connectivity index (χ2n) is 2.73. The molecule has 2 aromatic rings. The average Bonchev–Trinajstić information content (AvgIpc) is 2.79. The van der Waals surface area contributed by atoms with Gasteiger partial charge in [-0.3, -0.25) is 5.10 Å². The SMILES string of the molecule is NNc1ncccc1CSc1ncn[nH]1. The standard InChI is InChI=1S/C8H10N6S/c9-13-7-6(2-1-3-10-7)4-15-8-11-5-12-14-8/h1-3,5H,4,9H2,(H,10,13)(H,11,12,14). The average molecular weight is 222 g/mol. The number of rotatable bonds is 4. The molecule has 0 aliphatic heterocycles. The zero-order valence-corrected chi connectivity index (χ0v) is 8.66. The van der Waals surface area contributed by atoms with Crippen molar-refractivity contribution in [3.8, 4) is 0 Å². The van der Waals surface area contributed by atoms with Crippen LogP contribution in [-0.2, 0) is 5.75 Å². The van der Waals surface area contributed by atoms with Gasteiger partial charge in [-0.05, 0) is 6.07 Å². The Morgan fingerprint density at radius 3 is 3.13 bits per heavy atom. The van der Waals surface area contributed by atoms with Crippen LogP contribution in [0.25, 0.3) is 0 Å². The van der Waals surface area contributed by atoms with Crippen molar-refractivity contribution >= 4 is 17.6 Å². The van der Waals surface area contributed by atoms with Crippen molar-refractivity contribution in [2.75, 3.05) is 5.43 Å². The fourth-order valence-electron chi connectivity index (χ4n) is 1.09. The lowest BCUT2D eigenvalue weighted by atomic mass is 10.3. The normalized spacial score (nSPS) is 10.2. The first-order valence-corrected chi connectivity index (χ1v) is 5.27. The van der Waals surface area contributed by atoms with Crippen molar-refractivity contribution in [1.82, 2.24) is 20.2 Å². The van der Waals surface area contributed by atoms with Crippen LogP contribution in [0.5, 0.6) is 0 Å². The Balaban J connectivity index is 2.04. The molecule has 0 aromatic carbocycles. The second-order valence-corrected chi connectivity index (χ2v) is 3.70. The van der Waals surface area contributed by atoms with Crippen LogP contribution in [0.2, 0.25) is 0 Å². The van der Waals surface area contributed by atoms with Gasteiger partial charge in [-0.1, -0.05) is 17.8 Å². The van der Waals surface area contributed by atoms with Crippen LogP contribution in [0.3, 0.4) is 0 Å². The monoisotopic (exact) mass is 222 g/mol. The first kappa shape index (κ1) is 9.94. The van der Waals surface area contributed by atoms with E-state index in [-0.39, 0.29) is 0 Å². The first-order valence-electron chi connectivity index (χ1n) is 4.29. The maximum absolute atomic E-state index is 5.34. The Morgan fingerprint density at radius 2 is 2.40 bits per heavy atom. The number of nitrogens with zero attached hydrogens (tertiary/aromatic N) is 3. The lowest BCUT2D eigenvalue weighted by Gasteiger charge is -2.05. The summed E-state index contributed by atoms with van der Waals surface area (Å²) in [6.45, 7) is 0. The van der Waals surface area contributed by atoms with Crippen molar-refractivity contribution in [3.63, 3.8) is 0 Å². The highest BCUT2D eigenvalue weighted by Gasteiger charge is 2.03. The molecule has 2 rings (SSSR count). The summed E-state index contributed by atoms with van der Waals surface area (Å²) in [5.41, 5.74) is 3.58. The van der Waals surface area contributed by atoms with Crippen LogP contribution < -0.4 is 11.3 Å². The number of hydrogen-bond acceptors (Lipinski definition) is 6. The van der Waals surface area contributed by atoms with E-state index in [0.29, 0.717) is 5.82 Å². The number of thioether (sulfide) groups is 1. The number of anilines is 1. The summed E-state index contributed by atoms with van der Waals surface area (Å²) in [7, 11) is 0. The number of nitrogen functional groups attached to an aromatic ring is 1. The highest BCUT2D eigenvalue weighted by molar-refractivity contribution is 7.98. The summed E-state index contributed by atoms with van der Waals surface area (Å²) in [6, 6.07) is 3.84. The van der Waals surface area contributed by atoms with E-state index in [1.54, 1.807) is 18.0 Å². The Bertz CT molecular complexity index is 415. The third kappa shape index (κ3) is 2.45. The van der Waals surface area contributed by atoms with E-state index in [4.69, 9.17) is 5.84 Å². The highest BCUT2D eigenvalue weighted by Crippen LogP contribution is 2.21. The minimum absolute atomic E-state index is 0.685. The van der Waals surface area contributed by atoms with Crippen molar-refractivity contribution in [3.05, 3.63) is 30.2 Å². The van der Waals surface area contributed by atoms with Gasteiger partial charge in [-0.15, -0.1) is 0 Å². The largest absolute Gasteiger partial charge is 0.308 e. The van der Waals surface area contributed by atoms with Crippen LogP contribution in [0.15, 0.2) is 29.8 Å². The van der Waals surface area contributed by atoms with E-state index in [2.05, 4.69) is 25.6 Å². The van der Waals surface area contributed by atoms with E-state index < -0.39 is 0 Å². The molecule has 0 aliphatic rings. The zero-order valence-electron chi connectivity index (χ0n) is 7.84. The van der Waals surface area contributed by atoms with Gasteiger partial charge in [0.05, 0.1) is 0 Å². The number of nitrogens with one attached hydrogen (secondary N) is 2. The van der Waals surface area contributed by atoms with Gasteiger partial charge in [0.1, 0.15) is 12.1 Å². The molecule has 4 N–H and O–H groups in total. The van der Waals surface area contributed by atoms with E-state index in [9.17, 15) is 0 Å². The zero-order chi connectivity index (χ0) is 10.5. The number of aromatic amines is 1. The molecule has 6 nitrogen and oxygen atoms in total. The smallest absolute Gasteiger partial charge is 0.183 e. The molecule has 78 valence electrons. The molecule has 0 atom stereocenters. The molecule has 0 amide bonds.